The lowest BCUT2D eigenvalue weighted by atomic mass is 9.54. The maximum atomic E-state index is 16.5. The van der Waals surface area contributed by atoms with Gasteiger partial charge in [-0.05, 0) is 184 Å². The Kier molecular flexibility index (Phi) is 26.7. The van der Waals surface area contributed by atoms with Gasteiger partial charge >= 0.3 is 0 Å². The van der Waals surface area contributed by atoms with Gasteiger partial charge in [-0.25, -0.2) is 0 Å². The van der Waals surface area contributed by atoms with Gasteiger partial charge in [-0.15, -0.1) is 0 Å². The van der Waals surface area contributed by atoms with Crippen molar-refractivity contribution < 1.29 is 118 Å². The number of hydrogen-bond acceptors (Lipinski definition) is 27. The first-order valence-corrected chi connectivity index (χ1v) is 39.8. The van der Waals surface area contributed by atoms with Crippen LogP contribution >= 0.6 is 23.2 Å². The molecule has 0 radical (unpaired) electrons. The molecular formula is C82H95Cl2N11O24. The van der Waals surface area contributed by atoms with Crippen molar-refractivity contribution in [2.75, 3.05) is 54.1 Å². The molecule has 6 heterocycles. The van der Waals surface area contributed by atoms with Crippen molar-refractivity contribution in [3.63, 3.8) is 0 Å². The molecule has 14 atom stereocenters. The van der Waals surface area contributed by atoms with E-state index in [1.165, 1.54) is 43.4 Å². The van der Waals surface area contributed by atoms with E-state index in [1.807, 2.05) is 13.8 Å². The number of nitrogens with one attached hydrogen (secondary N) is 11. The molecule has 6 aromatic carbocycles. The highest BCUT2D eigenvalue weighted by atomic mass is 35.5. The van der Waals surface area contributed by atoms with Crippen LogP contribution in [-0.4, -0.2) is 214 Å². The van der Waals surface area contributed by atoms with E-state index in [0.29, 0.717) is 24.9 Å². The van der Waals surface area contributed by atoms with Crippen molar-refractivity contribution in [3.8, 4) is 68.6 Å². The van der Waals surface area contributed by atoms with Crippen LogP contribution in [0.4, 0.5) is 0 Å². The molecule has 4 saturated carbocycles. The fraction of sp³-hybridized carbons (Fsp3) is 0.451. The summed E-state index contributed by atoms with van der Waals surface area (Å²) in [6.07, 6.45) is -10.9. The number of carbonyl (C=O) groups excluding carboxylic acids is 9. The Bertz CT molecular complexity index is 4830. The Labute approximate surface area is 691 Å². The number of aliphatic hydroxyl groups excluding tert-OH is 6. The second kappa shape index (κ2) is 36.9. The third-order valence-electron chi connectivity index (χ3n) is 22.6. The Morgan fingerprint density at radius 3 is 1.76 bits per heavy atom. The number of rotatable bonds is 21. The van der Waals surface area contributed by atoms with Crippen LogP contribution in [0.1, 0.15) is 127 Å². The number of benzene rings is 6. The molecule has 20 N–H and O–H groups in total. The van der Waals surface area contributed by atoms with Crippen LogP contribution in [0.2, 0.25) is 10.0 Å². The smallest absolute Gasteiger partial charge is 0.258 e. The number of hydrogen-bond donors (Lipinski definition) is 20. The second-order valence-corrected chi connectivity index (χ2v) is 32.1. The number of aliphatic hydroxyl groups is 6. The summed E-state index contributed by atoms with van der Waals surface area (Å²) in [7, 11) is 4.85. The van der Waals surface area contributed by atoms with Crippen LogP contribution in [-0.2, 0) is 43.1 Å². The van der Waals surface area contributed by atoms with E-state index < -0.39 is 196 Å². The number of carbonyl (C=O) groups is 9. The lowest BCUT2D eigenvalue weighted by Crippen LogP contribution is -2.60. The molecular weight excluding hydrogens is 1590 g/mol. The summed E-state index contributed by atoms with van der Waals surface area (Å²) in [6.45, 7) is 3.64. The second-order valence-electron chi connectivity index (χ2n) is 31.3. The van der Waals surface area contributed by atoms with Crippen LogP contribution in [0, 0.1) is 29.6 Å². The van der Waals surface area contributed by atoms with Crippen LogP contribution < -0.4 is 82.2 Å². The van der Waals surface area contributed by atoms with Crippen molar-refractivity contribution in [2.45, 2.75) is 150 Å². The molecule has 15 bridgehead atoms. The fourth-order valence-electron chi connectivity index (χ4n) is 16.8. The standard InChI is InChI=1S/C82H95Cl2N11O24/c1-34(2)16-51(87-5)75(107)94-66-68(101)38-7-10-55(49(83)25-38)116-57-27-42-28-58(73(57)119-82-72(105)71(104)70(103)59(33-96)118-82)117-56-11-8-39(26-50(56)84)69(102)67-81(113)93-65(79(111)90-62-40-18-35-17-36(20-40)21-41(62)19-35)48-29-44(97)30-54(99)61(48)47-24-37(6-9-53(47)98)63(77(109)95-67)92-78(110)64(42)91-76(108)52(88-80(66)112)32-60(100)89-74(106)43-22-45(114-14-12-85-3)31-46(23-43)115-15-13-86-4/h6-11,22-31,34-36,40-41,51-52,59,62-72,82,85-87,96-99,101-105H,12-21,32-33H2,1-5H3,(H,88,112)(H,90,111)(H,91,108)(H,92,110)(H,93,113)(H,94,107)(H,95,109)(H,89,100,106)/t35?,36?,40?,41?,51-,52+,59-,62?,63-,64-,65+,66-,67+,68-,69-,70-,71+,72-,82+/m1/s1. The highest BCUT2D eigenvalue weighted by molar-refractivity contribution is 6.32. The van der Waals surface area contributed by atoms with Crippen molar-refractivity contribution >= 4 is 76.4 Å². The largest absolute Gasteiger partial charge is 0.508 e. The van der Waals surface area contributed by atoms with E-state index in [2.05, 4.69) is 58.5 Å². The first-order valence-electron chi connectivity index (χ1n) is 39.1. The summed E-state index contributed by atoms with van der Waals surface area (Å²) in [4.78, 5) is 139. The Morgan fingerprint density at radius 2 is 1.18 bits per heavy atom. The molecule has 119 heavy (non-hydrogen) atoms. The van der Waals surface area contributed by atoms with Gasteiger partial charge in [0.2, 0.25) is 59.3 Å². The summed E-state index contributed by atoms with van der Waals surface area (Å²) >= 11 is 14.3. The van der Waals surface area contributed by atoms with Gasteiger partial charge in [0.05, 0.1) is 29.1 Å². The van der Waals surface area contributed by atoms with Gasteiger partial charge in [0.15, 0.2) is 11.5 Å². The Morgan fingerprint density at radius 1 is 0.588 bits per heavy atom. The van der Waals surface area contributed by atoms with Gasteiger partial charge in [-0.2, -0.15) is 0 Å². The number of aromatic hydroxyl groups is 3. The Balaban J connectivity index is 0.996. The minimum Gasteiger partial charge on any atom is -0.508 e. The number of imide groups is 1. The van der Waals surface area contributed by atoms with Crippen LogP contribution in [0.5, 0.6) is 57.5 Å². The molecule has 636 valence electrons. The summed E-state index contributed by atoms with van der Waals surface area (Å²) in [5, 5.41) is 134. The van der Waals surface area contributed by atoms with Crippen molar-refractivity contribution in [3.05, 3.63) is 140 Å². The third-order valence-corrected chi connectivity index (χ3v) is 23.2. The van der Waals surface area contributed by atoms with Gasteiger partial charge in [-0.3, -0.25) is 48.5 Å². The van der Waals surface area contributed by atoms with Gasteiger partial charge in [-0.1, -0.05) is 55.2 Å². The normalized spacial score (nSPS) is 27.3. The molecule has 6 aliphatic heterocycles. The van der Waals surface area contributed by atoms with E-state index in [4.69, 9.17) is 51.6 Å². The first-order chi connectivity index (χ1) is 56.9. The SMILES string of the molecule is CNCCOc1cc(OCCNC)cc(C(=O)NC(=O)C[C@@H]2NC(=O)[C@H](NC(=O)[C@@H](CC(C)C)NC)[C@H](O)c3ccc(c(Cl)c3)Oc3cc4cc(c3O[C@@H]3O[C@H](CO)[C@@H](O)[C@H](O)[C@H]3O)Oc3ccc(cc3Cl)[C@@H](O)[C@@H]3NC(=O)[C@H](NC(=O)[C@@H]4NC2=O)c2ccc(O)c(c2)-c2c(O)cc(O)cc2[C@@H](C(=O)NC2C4CC5CC(C4)CC2C5)NC3=O)c1. The molecule has 16 rings (SSSR count). The molecule has 35 nitrogen and oxygen atoms in total. The van der Waals surface area contributed by atoms with E-state index in [1.54, 1.807) is 14.1 Å². The van der Waals surface area contributed by atoms with Gasteiger partial charge in [0.25, 0.3) is 5.91 Å². The maximum absolute atomic E-state index is 16.5. The average Bonchev–Trinajstić information content (AvgIpc) is 0.759. The van der Waals surface area contributed by atoms with Crippen LogP contribution in [0.25, 0.3) is 11.1 Å². The molecule has 1 saturated heterocycles. The average molecular weight is 1690 g/mol. The monoisotopic (exact) mass is 1690 g/mol. The van der Waals surface area contributed by atoms with Crippen molar-refractivity contribution in [1.82, 2.24) is 58.5 Å². The van der Waals surface area contributed by atoms with E-state index in [0.717, 1.165) is 92.8 Å². The molecule has 9 amide bonds. The molecule has 4 aliphatic carbocycles. The summed E-state index contributed by atoms with van der Waals surface area (Å²) in [5.41, 5.74) is -2.46. The van der Waals surface area contributed by atoms with Crippen molar-refractivity contribution in [2.24, 2.45) is 29.6 Å². The molecule has 0 spiro atoms. The topological polar surface area (TPSA) is 523 Å². The summed E-state index contributed by atoms with van der Waals surface area (Å²) < 4.78 is 37.3. The first kappa shape index (κ1) is 86.2. The summed E-state index contributed by atoms with van der Waals surface area (Å²) in [6, 6.07) is 3.82. The number of amides is 9. The molecule has 5 fully saturated rings. The predicted octanol–water partition coefficient (Wildman–Crippen LogP) is 2.39. The molecule has 6 aromatic rings. The van der Waals surface area contributed by atoms with Gasteiger partial charge in [0.1, 0.15) is 126 Å². The van der Waals surface area contributed by atoms with E-state index in [-0.39, 0.29) is 110 Å². The van der Waals surface area contributed by atoms with Gasteiger partial charge in [0, 0.05) is 48.0 Å². The highest BCUT2D eigenvalue weighted by Gasteiger charge is 2.51. The minimum absolute atomic E-state index is 0.0608. The lowest BCUT2D eigenvalue weighted by Gasteiger charge is -2.54. The zero-order chi connectivity index (χ0) is 85.1. The number of halogens is 2. The van der Waals surface area contributed by atoms with E-state index in [9.17, 15) is 60.3 Å². The fourth-order valence-corrected chi connectivity index (χ4v) is 17.2. The van der Waals surface area contributed by atoms with Crippen molar-refractivity contribution in [1.29, 1.82) is 0 Å². The number of phenolic OH excluding ortho intramolecular Hbond substituents is 3. The van der Waals surface area contributed by atoms with Crippen LogP contribution in [0.15, 0.2) is 97.1 Å². The van der Waals surface area contributed by atoms with Crippen LogP contribution in [0.3, 0.4) is 0 Å². The highest BCUT2D eigenvalue weighted by Crippen LogP contribution is 2.55. The number of phenols is 3. The lowest BCUT2D eigenvalue weighted by molar-refractivity contribution is -0.277. The number of fused-ring (bicyclic) bond motifs is 15. The summed E-state index contributed by atoms with van der Waals surface area (Å²) in [5.74, 6) is -14.6. The zero-order valence-electron chi connectivity index (χ0n) is 65.2. The minimum atomic E-state index is -2.41. The van der Waals surface area contributed by atoms with E-state index >= 15 is 28.8 Å². The quantitative estimate of drug-likeness (QED) is 0.0460. The molecule has 0 aromatic heterocycles. The Hall–Kier alpha value is -10.7. The number of ether oxygens (including phenoxy) is 6. The molecule has 10 aliphatic rings. The molecule has 0 unspecified atom stereocenters. The predicted molar refractivity (Wildman–Crippen MR) is 423 cm³/mol. The maximum Gasteiger partial charge on any atom is 0.258 e. The zero-order valence-corrected chi connectivity index (χ0v) is 66.7. The molecule has 37 heteroatoms. The number of likely N-dealkylation sites (N-methyl/N-ethyl adjacent to an activating group) is 3. The third kappa shape index (κ3) is 19.0. The van der Waals surface area contributed by atoms with Gasteiger partial charge < -0.3 is 128 Å².